The van der Waals surface area contributed by atoms with Crippen molar-refractivity contribution in [2.45, 2.75) is 30.1 Å². The van der Waals surface area contributed by atoms with Crippen LogP contribution < -0.4 is 9.64 Å². The molecule has 0 aliphatic carbocycles. The van der Waals surface area contributed by atoms with E-state index in [1.165, 1.54) is 61.5 Å². The molecule has 2 aromatic carbocycles. The van der Waals surface area contributed by atoms with Crippen LogP contribution in [0.25, 0.3) is 0 Å². The molecule has 1 aliphatic rings. The maximum absolute atomic E-state index is 13.4. The summed E-state index contributed by atoms with van der Waals surface area (Å²) in [5, 5.41) is 1.60. The van der Waals surface area contributed by atoms with Crippen LogP contribution >= 0.6 is 11.3 Å². The lowest BCUT2D eigenvalue weighted by Gasteiger charge is -2.26. The summed E-state index contributed by atoms with van der Waals surface area (Å²) in [6.45, 7) is 1.03. The third-order valence-corrected chi connectivity index (χ3v) is 8.36. The number of ether oxygens (including phenoxy) is 1. The fourth-order valence-corrected chi connectivity index (χ4v) is 6.29. The van der Waals surface area contributed by atoms with Crippen molar-refractivity contribution in [2.24, 2.45) is 0 Å². The van der Waals surface area contributed by atoms with Crippen molar-refractivity contribution in [3.63, 3.8) is 0 Å². The van der Waals surface area contributed by atoms with E-state index in [0.29, 0.717) is 5.56 Å². The Balaban J connectivity index is 1.67. The zero-order valence-electron chi connectivity index (χ0n) is 17.9. The van der Waals surface area contributed by atoms with Crippen molar-refractivity contribution in [3.05, 3.63) is 77.4 Å². The van der Waals surface area contributed by atoms with Gasteiger partial charge in [-0.15, -0.1) is 11.3 Å². The van der Waals surface area contributed by atoms with Crippen molar-refractivity contribution in [3.8, 4) is 5.75 Å². The Morgan fingerprint density at radius 3 is 2.38 bits per heavy atom. The molecule has 1 unspecified atom stereocenters. The van der Waals surface area contributed by atoms with Crippen LogP contribution in [0.15, 0.2) is 70.3 Å². The van der Waals surface area contributed by atoms with Crippen molar-refractivity contribution in [2.75, 3.05) is 4.90 Å². The molecular formula is C23H19FN2O6S2. The number of hydrogen-bond acceptors (Lipinski definition) is 7. The third kappa shape index (κ3) is 4.76. The number of sulfonamides is 1. The van der Waals surface area contributed by atoms with E-state index < -0.39 is 39.7 Å². The van der Waals surface area contributed by atoms with Gasteiger partial charge in [-0.05, 0) is 53.4 Å². The van der Waals surface area contributed by atoms with Gasteiger partial charge in [0.1, 0.15) is 21.8 Å². The molecule has 1 saturated heterocycles. The predicted octanol–water partition coefficient (Wildman–Crippen LogP) is 3.34. The van der Waals surface area contributed by atoms with Gasteiger partial charge >= 0.3 is 5.97 Å². The number of imide groups is 1. The molecule has 3 aromatic rings. The van der Waals surface area contributed by atoms with Gasteiger partial charge in [0, 0.05) is 13.5 Å². The molecule has 1 aliphatic heterocycles. The highest BCUT2D eigenvalue weighted by Gasteiger charge is 2.47. The maximum Gasteiger partial charge on any atom is 0.308 e. The quantitative estimate of drug-likeness (QED) is 0.279. The first-order valence-electron chi connectivity index (χ1n) is 10.1. The standard InChI is InChI=1S/C23H19FN2O6S2/c1-15(27)32-19-10-8-18(9-11-19)26-21(28)13-20(23(26)29)25(14-16-4-6-17(24)7-5-16)34(30,31)22-3-2-12-33-22/h2-12,20H,13-14H2,1H3. The fourth-order valence-electron chi connectivity index (χ4n) is 3.60. The first-order chi connectivity index (χ1) is 16.2. The summed E-state index contributed by atoms with van der Waals surface area (Å²) in [6.07, 6.45) is -0.351. The molecule has 0 bridgehead atoms. The summed E-state index contributed by atoms with van der Waals surface area (Å²) in [4.78, 5) is 38.2. The van der Waals surface area contributed by atoms with Gasteiger partial charge in [-0.25, -0.2) is 17.7 Å². The minimum atomic E-state index is -4.13. The van der Waals surface area contributed by atoms with E-state index in [-0.39, 0.29) is 28.6 Å². The molecule has 8 nitrogen and oxygen atoms in total. The number of esters is 1. The number of anilines is 1. The smallest absolute Gasteiger partial charge is 0.308 e. The highest BCUT2D eigenvalue weighted by Crippen LogP contribution is 2.32. The second-order valence-corrected chi connectivity index (χ2v) is 10.5. The lowest BCUT2D eigenvalue weighted by Crippen LogP contribution is -2.44. The molecule has 1 aromatic heterocycles. The van der Waals surface area contributed by atoms with Crippen LogP contribution in [0.5, 0.6) is 5.75 Å². The van der Waals surface area contributed by atoms with Crippen LogP contribution in [0.3, 0.4) is 0 Å². The predicted molar refractivity (Wildman–Crippen MR) is 122 cm³/mol. The molecule has 0 radical (unpaired) electrons. The molecule has 34 heavy (non-hydrogen) atoms. The number of carbonyl (C=O) groups excluding carboxylic acids is 3. The minimum absolute atomic E-state index is 0.0269. The molecule has 1 fully saturated rings. The Hall–Kier alpha value is -3.41. The van der Waals surface area contributed by atoms with Crippen LogP contribution in [0.1, 0.15) is 18.9 Å². The van der Waals surface area contributed by atoms with Gasteiger partial charge in [-0.1, -0.05) is 18.2 Å². The molecule has 1 atom stereocenters. The number of amides is 2. The second kappa shape index (κ2) is 9.45. The third-order valence-electron chi connectivity index (χ3n) is 5.14. The molecule has 0 spiro atoms. The number of nitrogens with zero attached hydrogens (tertiary/aromatic N) is 2. The highest BCUT2D eigenvalue weighted by molar-refractivity contribution is 7.91. The normalized spacial score (nSPS) is 16.3. The Morgan fingerprint density at radius 2 is 1.79 bits per heavy atom. The Morgan fingerprint density at radius 1 is 1.12 bits per heavy atom. The van der Waals surface area contributed by atoms with E-state index >= 15 is 0 Å². The van der Waals surface area contributed by atoms with Crippen LogP contribution in [0.4, 0.5) is 10.1 Å². The lowest BCUT2D eigenvalue weighted by atomic mass is 10.2. The van der Waals surface area contributed by atoms with Gasteiger partial charge in [-0.2, -0.15) is 4.31 Å². The van der Waals surface area contributed by atoms with Crippen LogP contribution in [0, 0.1) is 5.82 Å². The van der Waals surface area contributed by atoms with Crippen molar-refractivity contribution in [1.29, 1.82) is 0 Å². The van der Waals surface area contributed by atoms with Crippen LogP contribution in [-0.4, -0.2) is 36.5 Å². The van der Waals surface area contributed by atoms with E-state index in [0.717, 1.165) is 20.5 Å². The topological polar surface area (TPSA) is 101 Å². The summed E-state index contributed by atoms with van der Waals surface area (Å²) in [5.41, 5.74) is 0.689. The van der Waals surface area contributed by atoms with Crippen LogP contribution in [-0.2, 0) is 31.0 Å². The fraction of sp³-hybridized carbons (Fsp3) is 0.174. The van der Waals surface area contributed by atoms with Crippen molar-refractivity contribution < 1.29 is 31.9 Å². The van der Waals surface area contributed by atoms with Gasteiger partial charge in [-0.3, -0.25) is 14.4 Å². The van der Waals surface area contributed by atoms with Crippen molar-refractivity contribution >= 4 is 44.8 Å². The lowest BCUT2D eigenvalue weighted by molar-refractivity contribution is -0.132. The summed E-state index contributed by atoms with van der Waals surface area (Å²) in [5.74, 6) is -2.03. The molecule has 4 rings (SSSR count). The van der Waals surface area contributed by atoms with Gasteiger partial charge in [0.25, 0.3) is 15.9 Å². The summed E-state index contributed by atoms with van der Waals surface area (Å²) in [6, 6.07) is 12.7. The number of rotatable bonds is 7. The average Bonchev–Trinajstić information content (AvgIpc) is 3.43. The molecule has 176 valence electrons. The number of carbonyl (C=O) groups is 3. The van der Waals surface area contributed by atoms with E-state index in [1.807, 2.05) is 0 Å². The number of hydrogen-bond donors (Lipinski definition) is 0. The summed E-state index contributed by atoms with van der Waals surface area (Å²) in [7, 11) is -4.13. The largest absolute Gasteiger partial charge is 0.427 e. The zero-order valence-corrected chi connectivity index (χ0v) is 19.5. The van der Waals surface area contributed by atoms with Crippen LogP contribution in [0.2, 0.25) is 0 Å². The second-order valence-electron chi connectivity index (χ2n) is 7.48. The van der Waals surface area contributed by atoms with Gasteiger partial charge < -0.3 is 4.74 Å². The first kappa shape index (κ1) is 23.7. The monoisotopic (exact) mass is 502 g/mol. The molecule has 2 heterocycles. The first-order valence-corrected chi connectivity index (χ1v) is 12.4. The van der Waals surface area contributed by atoms with Gasteiger partial charge in [0.05, 0.1) is 12.1 Å². The van der Waals surface area contributed by atoms with E-state index in [9.17, 15) is 27.2 Å². The number of benzene rings is 2. The Labute approximate surface area is 199 Å². The molecule has 2 amide bonds. The van der Waals surface area contributed by atoms with Gasteiger partial charge in [0.15, 0.2) is 0 Å². The molecular weight excluding hydrogens is 483 g/mol. The van der Waals surface area contributed by atoms with E-state index in [4.69, 9.17) is 4.74 Å². The highest BCUT2D eigenvalue weighted by atomic mass is 32.2. The van der Waals surface area contributed by atoms with Crippen molar-refractivity contribution in [1.82, 2.24) is 4.31 Å². The average molecular weight is 503 g/mol. The minimum Gasteiger partial charge on any atom is -0.427 e. The summed E-state index contributed by atoms with van der Waals surface area (Å²) >= 11 is 0.995. The summed E-state index contributed by atoms with van der Waals surface area (Å²) < 4.78 is 46.2. The Kier molecular flexibility index (Phi) is 6.60. The molecule has 11 heteroatoms. The molecule has 0 N–H and O–H groups in total. The van der Waals surface area contributed by atoms with E-state index in [2.05, 4.69) is 0 Å². The van der Waals surface area contributed by atoms with E-state index in [1.54, 1.807) is 11.4 Å². The van der Waals surface area contributed by atoms with Gasteiger partial charge in [0.2, 0.25) is 5.91 Å². The zero-order chi connectivity index (χ0) is 24.5. The SMILES string of the molecule is CC(=O)Oc1ccc(N2C(=O)CC(N(Cc3ccc(F)cc3)S(=O)(=O)c3cccs3)C2=O)cc1. The number of thiophene rings is 1. The maximum atomic E-state index is 13.4. The Bertz CT molecular complexity index is 1320. The molecule has 0 saturated carbocycles. The number of halogens is 1.